The molecule has 0 atom stereocenters. The Bertz CT molecular complexity index is 516. The zero-order chi connectivity index (χ0) is 15.6. The number of benzene rings is 1. The first-order chi connectivity index (χ1) is 10.8. The van der Waals surface area contributed by atoms with Gasteiger partial charge < -0.3 is 9.57 Å². The van der Waals surface area contributed by atoms with E-state index in [0.29, 0.717) is 24.7 Å². The molecule has 1 aromatic rings. The molecule has 4 nitrogen and oxygen atoms in total. The van der Waals surface area contributed by atoms with Gasteiger partial charge in [0.2, 0.25) is 0 Å². The molecule has 1 saturated carbocycles. The van der Waals surface area contributed by atoms with E-state index in [-0.39, 0.29) is 5.97 Å². The molecule has 0 bridgehead atoms. The van der Waals surface area contributed by atoms with Crippen molar-refractivity contribution in [1.82, 2.24) is 0 Å². The summed E-state index contributed by atoms with van der Waals surface area (Å²) in [6.45, 7) is 2.63. The predicted molar refractivity (Wildman–Crippen MR) is 86.4 cm³/mol. The minimum atomic E-state index is -0.232. The lowest BCUT2D eigenvalue weighted by atomic mass is 9.97. The molecule has 0 heterocycles. The highest BCUT2D eigenvalue weighted by Gasteiger charge is 2.24. The van der Waals surface area contributed by atoms with Gasteiger partial charge in [0.15, 0.2) is 0 Å². The first-order valence-corrected chi connectivity index (χ1v) is 7.87. The topological polar surface area (TPSA) is 47.9 Å². The van der Waals surface area contributed by atoms with Gasteiger partial charge in [-0.15, -0.1) is 0 Å². The molecule has 0 amide bonds. The van der Waals surface area contributed by atoms with E-state index in [4.69, 9.17) is 9.57 Å². The molecule has 1 aliphatic carbocycles. The van der Waals surface area contributed by atoms with Gasteiger partial charge in [0.1, 0.15) is 6.61 Å². The molecule has 0 aliphatic heterocycles. The third-order valence-electron chi connectivity index (χ3n) is 3.77. The Balaban J connectivity index is 1.90. The Kier molecular flexibility index (Phi) is 6.68. The fraction of sp³-hybridized carbons (Fsp3) is 0.444. The van der Waals surface area contributed by atoms with Crippen LogP contribution in [0.2, 0.25) is 0 Å². The zero-order valence-electron chi connectivity index (χ0n) is 13.0. The van der Waals surface area contributed by atoms with Crippen molar-refractivity contribution in [1.29, 1.82) is 0 Å². The molecule has 2 rings (SSSR count). The monoisotopic (exact) mass is 301 g/mol. The highest BCUT2D eigenvalue weighted by Crippen LogP contribution is 2.31. The Labute approximate surface area is 131 Å². The average Bonchev–Trinajstić information content (AvgIpc) is 3.06. The maximum absolute atomic E-state index is 12.0. The van der Waals surface area contributed by atoms with Gasteiger partial charge in [-0.25, -0.2) is 4.79 Å². The predicted octanol–water partition coefficient (Wildman–Crippen LogP) is 3.87. The molecular weight excluding hydrogens is 278 g/mol. The quantitative estimate of drug-likeness (QED) is 0.332. The van der Waals surface area contributed by atoms with Crippen LogP contribution in [0.5, 0.6) is 0 Å². The van der Waals surface area contributed by atoms with E-state index in [1.807, 2.05) is 37.3 Å². The Hall–Kier alpha value is -2.10. The number of ether oxygens (including phenoxy) is 1. The average molecular weight is 301 g/mol. The first-order valence-electron chi connectivity index (χ1n) is 7.87. The van der Waals surface area contributed by atoms with Crippen molar-refractivity contribution in [2.75, 3.05) is 6.61 Å². The largest absolute Gasteiger partial charge is 0.463 e. The summed E-state index contributed by atoms with van der Waals surface area (Å²) in [6.07, 6.45) is 7.71. The van der Waals surface area contributed by atoms with Gasteiger partial charge in [0, 0.05) is 5.57 Å². The molecule has 0 aromatic heterocycles. The third kappa shape index (κ3) is 5.02. The van der Waals surface area contributed by atoms with Crippen LogP contribution < -0.4 is 0 Å². The van der Waals surface area contributed by atoms with Gasteiger partial charge >= 0.3 is 5.97 Å². The number of hydrogen-bond acceptors (Lipinski definition) is 4. The summed E-state index contributed by atoms with van der Waals surface area (Å²) in [5.74, 6) is 0.0588. The summed E-state index contributed by atoms with van der Waals surface area (Å²) in [7, 11) is 0. The second kappa shape index (κ2) is 9.03. The van der Waals surface area contributed by atoms with Crippen LogP contribution in [0.3, 0.4) is 0 Å². The van der Waals surface area contributed by atoms with E-state index < -0.39 is 0 Å². The maximum Gasteiger partial charge on any atom is 0.334 e. The van der Waals surface area contributed by atoms with E-state index >= 15 is 0 Å². The van der Waals surface area contributed by atoms with Crippen LogP contribution in [0.15, 0.2) is 47.1 Å². The van der Waals surface area contributed by atoms with Crippen molar-refractivity contribution >= 4 is 12.2 Å². The fourth-order valence-electron chi connectivity index (χ4n) is 2.66. The molecule has 0 saturated heterocycles. The van der Waals surface area contributed by atoms with E-state index in [9.17, 15) is 4.79 Å². The number of nitrogens with zero attached hydrogens (tertiary/aromatic N) is 1. The maximum atomic E-state index is 12.0. The van der Waals surface area contributed by atoms with Crippen LogP contribution >= 0.6 is 0 Å². The number of oxime groups is 1. The Morgan fingerprint density at radius 1 is 1.27 bits per heavy atom. The zero-order valence-corrected chi connectivity index (χ0v) is 13.0. The second-order valence-corrected chi connectivity index (χ2v) is 5.34. The van der Waals surface area contributed by atoms with Gasteiger partial charge in [-0.3, -0.25) is 0 Å². The molecular formula is C18H23NO3. The summed E-state index contributed by atoms with van der Waals surface area (Å²) in [6, 6.07) is 9.84. The Morgan fingerprint density at radius 3 is 2.68 bits per heavy atom. The van der Waals surface area contributed by atoms with Crippen molar-refractivity contribution in [2.24, 2.45) is 11.1 Å². The van der Waals surface area contributed by atoms with E-state index in [0.717, 1.165) is 18.4 Å². The van der Waals surface area contributed by atoms with Crippen molar-refractivity contribution in [3.8, 4) is 0 Å². The van der Waals surface area contributed by atoms with E-state index in [2.05, 4.69) is 5.16 Å². The minimum Gasteiger partial charge on any atom is -0.463 e. The molecule has 22 heavy (non-hydrogen) atoms. The van der Waals surface area contributed by atoms with Crippen LogP contribution in [0, 0.1) is 5.92 Å². The van der Waals surface area contributed by atoms with E-state index in [1.165, 1.54) is 12.8 Å². The van der Waals surface area contributed by atoms with Crippen LogP contribution in [0.25, 0.3) is 0 Å². The lowest BCUT2D eigenvalue weighted by Gasteiger charge is -2.12. The number of rotatable bonds is 7. The number of hydrogen-bond donors (Lipinski definition) is 0. The van der Waals surface area contributed by atoms with Crippen molar-refractivity contribution in [3.63, 3.8) is 0 Å². The van der Waals surface area contributed by atoms with Crippen molar-refractivity contribution in [3.05, 3.63) is 47.5 Å². The smallest absolute Gasteiger partial charge is 0.334 e. The molecule has 1 fully saturated rings. The molecule has 1 aliphatic rings. The number of carbonyl (C=O) groups is 1. The highest BCUT2D eigenvalue weighted by molar-refractivity contribution is 5.93. The van der Waals surface area contributed by atoms with Crippen LogP contribution in [0.1, 0.15) is 38.2 Å². The molecule has 1 aromatic carbocycles. The van der Waals surface area contributed by atoms with Crippen LogP contribution in [0.4, 0.5) is 0 Å². The lowest BCUT2D eigenvalue weighted by molar-refractivity contribution is -0.139. The van der Waals surface area contributed by atoms with Crippen LogP contribution in [-0.2, 0) is 21.0 Å². The van der Waals surface area contributed by atoms with Gasteiger partial charge in [0.05, 0.1) is 12.8 Å². The molecule has 118 valence electrons. The standard InChI is InChI=1S/C18H23NO3/c1-2-21-18(20)17(16-10-6-7-11-16)12-13-19-22-14-15-8-4-3-5-9-15/h3-5,8-9,12-13,16H,2,6-7,10-11,14H2,1H3/b17-12-,19-13-. The number of carbonyl (C=O) groups excluding carboxylic acids is 1. The van der Waals surface area contributed by atoms with Crippen LogP contribution in [-0.4, -0.2) is 18.8 Å². The third-order valence-corrected chi connectivity index (χ3v) is 3.77. The van der Waals surface area contributed by atoms with Gasteiger partial charge in [0.25, 0.3) is 0 Å². The SMILES string of the molecule is CCOC(=O)/C(=C\C=N/OCc1ccccc1)C1CCCC1. The molecule has 0 unspecified atom stereocenters. The first kappa shape index (κ1) is 16.3. The molecule has 0 N–H and O–H groups in total. The van der Waals surface area contributed by atoms with Crippen molar-refractivity contribution in [2.45, 2.75) is 39.2 Å². The van der Waals surface area contributed by atoms with E-state index in [1.54, 1.807) is 12.3 Å². The highest BCUT2D eigenvalue weighted by atomic mass is 16.6. The fourth-order valence-corrected chi connectivity index (χ4v) is 2.66. The molecule has 4 heteroatoms. The minimum absolute atomic E-state index is 0.232. The van der Waals surface area contributed by atoms with Gasteiger partial charge in [-0.1, -0.05) is 48.3 Å². The van der Waals surface area contributed by atoms with Crippen molar-refractivity contribution < 1.29 is 14.4 Å². The number of esters is 1. The summed E-state index contributed by atoms with van der Waals surface area (Å²) >= 11 is 0. The summed E-state index contributed by atoms with van der Waals surface area (Å²) in [4.78, 5) is 17.3. The molecule has 0 spiro atoms. The second-order valence-electron chi connectivity index (χ2n) is 5.34. The Morgan fingerprint density at radius 2 is 2.00 bits per heavy atom. The summed E-state index contributed by atoms with van der Waals surface area (Å²) in [5, 5.41) is 3.91. The summed E-state index contributed by atoms with van der Waals surface area (Å²) in [5.41, 5.74) is 1.77. The lowest BCUT2D eigenvalue weighted by Crippen LogP contribution is -2.14. The normalized spacial score (nSPS) is 16.1. The van der Waals surface area contributed by atoms with Gasteiger partial charge in [-0.2, -0.15) is 0 Å². The molecule has 0 radical (unpaired) electrons. The number of allylic oxidation sites excluding steroid dienone is 1. The summed E-state index contributed by atoms with van der Waals surface area (Å²) < 4.78 is 5.13. The van der Waals surface area contributed by atoms with Gasteiger partial charge in [-0.05, 0) is 37.3 Å².